The second kappa shape index (κ2) is 16.7. The summed E-state index contributed by atoms with van der Waals surface area (Å²) in [6.07, 6.45) is -22.1. The second-order valence-corrected chi connectivity index (χ2v) is 11.9. The third-order valence-corrected chi connectivity index (χ3v) is 8.69. The maximum Gasteiger partial charge on any atom is 0.219 e. The lowest BCUT2D eigenvalue weighted by Gasteiger charge is -2.42. The van der Waals surface area contributed by atoms with E-state index in [0.717, 1.165) is 0 Å². The van der Waals surface area contributed by atoms with E-state index in [1.165, 1.54) is 0 Å². The van der Waals surface area contributed by atoms with E-state index >= 15 is 0 Å². The SMILES string of the molecule is CC1[C@H](C)OC(CO[C@H]2OC(CO)[C@@H](O)[C@H](O)C2O)[C@@H](O)[C@@H]1O.OCC1O[C@H](OC[C@H]2O[C@@](O)(CO)C(O)[C@H]2O)C(O)[C@@H](O)[C@@H]1O. The van der Waals surface area contributed by atoms with E-state index < -0.39 is 130 Å². The van der Waals surface area contributed by atoms with Crippen LogP contribution in [0.25, 0.3) is 0 Å². The lowest BCUT2D eigenvalue weighted by Crippen LogP contribution is -2.60. The molecule has 0 aromatic carbocycles. The van der Waals surface area contributed by atoms with Crippen molar-refractivity contribution in [3.8, 4) is 0 Å². The number of rotatable bonds is 9. The van der Waals surface area contributed by atoms with Gasteiger partial charge in [-0.1, -0.05) is 6.92 Å². The van der Waals surface area contributed by atoms with Crippen molar-refractivity contribution in [2.24, 2.45) is 5.92 Å². The summed E-state index contributed by atoms with van der Waals surface area (Å²) in [6.45, 7) is 0.716. The van der Waals surface area contributed by atoms with E-state index in [1.807, 2.05) is 0 Å². The normalized spacial score (nSPS) is 51.4. The fourth-order valence-corrected chi connectivity index (χ4v) is 5.35. The molecule has 46 heavy (non-hydrogen) atoms. The number of hydrogen-bond donors (Lipinski definition) is 14. The molecule has 0 spiro atoms. The molecule has 20 nitrogen and oxygen atoms in total. The first kappa shape index (κ1) is 39.6. The summed E-state index contributed by atoms with van der Waals surface area (Å²) >= 11 is 0. The Labute approximate surface area is 263 Å². The van der Waals surface area contributed by atoms with Gasteiger partial charge in [0.25, 0.3) is 0 Å². The van der Waals surface area contributed by atoms with Crippen molar-refractivity contribution >= 4 is 0 Å². The van der Waals surface area contributed by atoms with Crippen molar-refractivity contribution in [1.29, 1.82) is 0 Å². The monoisotopic (exact) mass is 680 g/mol. The van der Waals surface area contributed by atoms with Gasteiger partial charge >= 0.3 is 0 Å². The highest BCUT2D eigenvalue weighted by molar-refractivity contribution is 4.96. The predicted molar refractivity (Wildman–Crippen MR) is 144 cm³/mol. The Morgan fingerprint density at radius 2 is 0.957 bits per heavy atom. The molecule has 272 valence electrons. The molecule has 0 aliphatic carbocycles. The second-order valence-electron chi connectivity index (χ2n) is 11.9. The first-order valence-electron chi connectivity index (χ1n) is 14.8. The molecule has 4 aliphatic heterocycles. The van der Waals surface area contributed by atoms with Crippen LogP contribution in [0.5, 0.6) is 0 Å². The molecule has 0 radical (unpaired) electrons. The van der Waals surface area contributed by atoms with Gasteiger partial charge < -0.3 is 99.9 Å². The van der Waals surface area contributed by atoms with Gasteiger partial charge in [0.05, 0.1) is 45.2 Å². The number of aliphatic hydroxyl groups is 14. The van der Waals surface area contributed by atoms with Crippen LogP contribution in [0, 0.1) is 5.92 Å². The smallest absolute Gasteiger partial charge is 0.219 e. The Balaban J connectivity index is 0.000000250. The maximum absolute atomic E-state index is 10.0. The average molecular weight is 681 g/mol. The Morgan fingerprint density at radius 1 is 0.522 bits per heavy atom. The van der Waals surface area contributed by atoms with E-state index in [0.29, 0.717) is 0 Å². The van der Waals surface area contributed by atoms with Gasteiger partial charge in [-0.25, -0.2) is 0 Å². The van der Waals surface area contributed by atoms with Crippen molar-refractivity contribution < 1.29 is 99.9 Å². The van der Waals surface area contributed by atoms with Crippen LogP contribution in [-0.4, -0.2) is 214 Å². The van der Waals surface area contributed by atoms with Crippen LogP contribution < -0.4 is 0 Å². The molecular formula is C26H48O20. The lowest BCUT2D eigenvalue weighted by atomic mass is 9.89. The molecule has 4 fully saturated rings. The van der Waals surface area contributed by atoms with Crippen molar-refractivity contribution in [1.82, 2.24) is 0 Å². The third kappa shape index (κ3) is 8.49. The van der Waals surface area contributed by atoms with Gasteiger partial charge in [0.15, 0.2) is 12.6 Å². The van der Waals surface area contributed by atoms with Crippen LogP contribution in [0.15, 0.2) is 0 Å². The Morgan fingerprint density at radius 3 is 1.37 bits per heavy atom. The molecule has 19 atom stereocenters. The van der Waals surface area contributed by atoms with Crippen LogP contribution in [0.1, 0.15) is 13.8 Å². The van der Waals surface area contributed by atoms with Crippen molar-refractivity contribution in [2.75, 3.05) is 33.0 Å². The molecule has 4 saturated heterocycles. The molecule has 0 saturated carbocycles. The largest absolute Gasteiger partial charge is 0.394 e. The summed E-state index contributed by atoms with van der Waals surface area (Å²) in [5.74, 6) is -2.59. The molecule has 7 unspecified atom stereocenters. The lowest BCUT2D eigenvalue weighted by molar-refractivity contribution is -0.312. The van der Waals surface area contributed by atoms with Gasteiger partial charge in [-0.3, -0.25) is 0 Å². The number of aliphatic hydroxyl groups excluding tert-OH is 13. The fourth-order valence-electron chi connectivity index (χ4n) is 5.35. The van der Waals surface area contributed by atoms with Gasteiger partial charge in [0.2, 0.25) is 5.79 Å². The Bertz CT molecular complexity index is 873. The summed E-state index contributed by atoms with van der Waals surface area (Å²) in [5, 5.41) is 134. The van der Waals surface area contributed by atoms with Crippen molar-refractivity contribution in [2.45, 2.75) is 124 Å². The first-order chi connectivity index (χ1) is 21.5. The van der Waals surface area contributed by atoms with E-state index in [9.17, 15) is 56.2 Å². The zero-order valence-corrected chi connectivity index (χ0v) is 25.1. The first-order valence-corrected chi connectivity index (χ1v) is 14.8. The molecule has 0 aromatic heterocycles. The molecule has 14 N–H and O–H groups in total. The quantitative estimate of drug-likeness (QED) is 0.107. The predicted octanol–water partition coefficient (Wildman–Crippen LogP) is -8.45. The summed E-state index contributed by atoms with van der Waals surface area (Å²) in [4.78, 5) is 0. The standard InChI is InChI=1S/C14H26O9.C12H22O11/c1-5-6(2)22-8(11(18)9(5)16)4-21-14-13(20)12(19)10(17)7(3-15)23-14;13-1-4-6(15)8(17)9(18)11(22-4)21-2-5-7(16)10(19)12(20,3-14)23-5/h5-20H,3-4H2,1-2H3;4-11,13-20H,1-3H2/t5?,6-,7?,8?,9+,10+,11+,12-,13?,14-;4?,5-,6-,7+,8+,9?,10?,11+,12+/m01/s1. The van der Waals surface area contributed by atoms with Crippen LogP contribution >= 0.6 is 0 Å². The van der Waals surface area contributed by atoms with Gasteiger partial charge in [0.1, 0.15) is 79.4 Å². The molecule has 4 heterocycles. The minimum absolute atomic E-state index is 0.196. The van der Waals surface area contributed by atoms with Gasteiger partial charge in [-0.15, -0.1) is 0 Å². The number of hydrogen-bond acceptors (Lipinski definition) is 20. The molecule has 20 heteroatoms. The topological polar surface area (TPSA) is 339 Å². The minimum atomic E-state index is -2.34. The molecule has 4 aliphatic rings. The average Bonchev–Trinajstić information content (AvgIpc) is 3.27. The highest BCUT2D eigenvalue weighted by Gasteiger charge is 2.54. The van der Waals surface area contributed by atoms with Crippen LogP contribution in [0.4, 0.5) is 0 Å². The summed E-state index contributed by atoms with van der Waals surface area (Å²) in [5.41, 5.74) is 0. The van der Waals surface area contributed by atoms with E-state index in [2.05, 4.69) is 0 Å². The van der Waals surface area contributed by atoms with Crippen LogP contribution in [0.3, 0.4) is 0 Å². The minimum Gasteiger partial charge on any atom is -0.394 e. The van der Waals surface area contributed by atoms with E-state index in [1.54, 1.807) is 13.8 Å². The van der Waals surface area contributed by atoms with Gasteiger partial charge in [-0.05, 0) is 6.92 Å². The fraction of sp³-hybridized carbons (Fsp3) is 1.00. The number of ether oxygens (including phenoxy) is 6. The summed E-state index contributed by atoms with van der Waals surface area (Å²) in [7, 11) is 0. The highest BCUT2D eigenvalue weighted by Crippen LogP contribution is 2.31. The zero-order valence-electron chi connectivity index (χ0n) is 25.1. The highest BCUT2D eigenvalue weighted by atomic mass is 16.7. The van der Waals surface area contributed by atoms with Gasteiger partial charge in [-0.2, -0.15) is 0 Å². The molecule has 0 aromatic rings. The van der Waals surface area contributed by atoms with Crippen LogP contribution in [0.2, 0.25) is 0 Å². The Hall–Kier alpha value is -0.800. The summed E-state index contributed by atoms with van der Waals surface area (Å²) in [6, 6.07) is 0. The molecule has 0 bridgehead atoms. The molecule has 4 rings (SSSR count). The van der Waals surface area contributed by atoms with Crippen LogP contribution in [-0.2, 0) is 28.4 Å². The van der Waals surface area contributed by atoms with Crippen molar-refractivity contribution in [3.63, 3.8) is 0 Å². The van der Waals surface area contributed by atoms with E-state index in [4.69, 9.17) is 43.7 Å². The molecular weight excluding hydrogens is 632 g/mol. The van der Waals surface area contributed by atoms with Crippen molar-refractivity contribution in [3.05, 3.63) is 0 Å². The maximum atomic E-state index is 10.0. The zero-order chi connectivity index (χ0) is 34.7. The Kier molecular flexibility index (Phi) is 14.4. The van der Waals surface area contributed by atoms with E-state index in [-0.39, 0.29) is 18.6 Å². The van der Waals surface area contributed by atoms with Gasteiger partial charge in [0, 0.05) is 5.92 Å². The summed E-state index contributed by atoms with van der Waals surface area (Å²) < 4.78 is 31.3. The third-order valence-electron chi connectivity index (χ3n) is 8.69. The molecule has 0 amide bonds.